The number of benzene rings is 1. The number of rotatable bonds is 5. The minimum atomic E-state index is -3.57. The Morgan fingerprint density at radius 1 is 1.17 bits per heavy atom. The third-order valence-electron chi connectivity index (χ3n) is 4.31. The number of anilines is 3. The zero-order valence-electron chi connectivity index (χ0n) is 16.4. The molecule has 0 atom stereocenters. The number of carbonyl (C=O) groups excluding carboxylic acids is 2. The minimum Gasteiger partial charge on any atom is -0.345 e. The first kappa shape index (κ1) is 21.1. The summed E-state index contributed by atoms with van der Waals surface area (Å²) in [5.41, 5.74) is 1.77. The summed E-state index contributed by atoms with van der Waals surface area (Å²) >= 11 is 1.57. The molecule has 2 amide bonds. The van der Waals surface area contributed by atoms with E-state index in [1.807, 2.05) is 12.3 Å². The number of piperazine rings is 1. The van der Waals surface area contributed by atoms with E-state index in [2.05, 4.69) is 19.9 Å². The summed E-state index contributed by atoms with van der Waals surface area (Å²) in [5.74, 6) is -0.571. The Hall–Kier alpha value is -2.66. The Labute approximate surface area is 173 Å². The molecule has 29 heavy (non-hydrogen) atoms. The minimum absolute atomic E-state index is 0.185. The molecule has 0 aliphatic carbocycles. The summed E-state index contributed by atoms with van der Waals surface area (Å²) in [6.07, 6.45) is 1.03. The Kier molecular flexibility index (Phi) is 6.08. The quantitative estimate of drug-likeness (QED) is 0.737. The number of aromatic nitrogens is 1. The number of hydrogen-bond donors (Lipinski definition) is 2. The van der Waals surface area contributed by atoms with Crippen LogP contribution in [0.1, 0.15) is 23.0 Å². The van der Waals surface area contributed by atoms with Gasteiger partial charge in [0.15, 0.2) is 5.13 Å². The van der Waals surface area contributed by atoms with E-state index < -0.39 is 10.0 Å². The monoisotopic (exact) mass is 437 g/mol. The molecule has 9 nitrogen and oxygen atoms in total. The number of carbonyl (C=O) groups is 2. The van der Waals surface area contributed by atoms with Gasteiger partial charge in [-0.15, -0.1) is 11.3 Å². The van der Waals surface area contributed by atoms with E-state index in [1.165, 1.54) is 19.1 Å². The Morgan fingerprint density at radius 3 is 2.41 bits per heavy atom. The number of sulfonamides is 1. The van der Waals surface area contributed by atoms with Gasteiger partial charge >= 0.3 is 0 Å². The molecule has 0 saturated carbocycles. The lowest BCUT2D eigenvalue weighted by molar-refractivity contribution is -0.114. The molecule has 1 aromatic carbocycles. The van der Waals surface area contributed by atoms with E-state index >= 15 is 0 Å². The van der Waals surface area contributed by atoms with Crippen molar-refractivity contribution in [1.29, 1.82) is 0 Å². The lowest BCUT2D eigenvalue weighted by atomic mass is 10.1. The maximum atomic E-state index is 13.1. The highest BCUT2D eigenvalue weighted by Gasteiger charge is 2.26. The van der Waals surface area contributed by atoms with Crippen molar-refractivity contribution in [2.45, 2.75) is 13.8 Å². The van der Waals surface area contributed by atoms with Crippen molar-refractivity contribution >= 4 is 49.7 Å². The molecular formula is C18H23N5O4S2. The standard InChI is InChI=1S/C18H23N5O4S2/c1-12-11-28-18(19-12)23-8-6-22(7-9-23)17(25)15-10-14(20-13(2)24)4-5-16(15)21-29(3,26)27/h4-5,10-11,21H,6-9H2,1-3H3,(H,20,24). The van der Waals surface area contributed by atoms with E-state index in [-0.39, 0.29) is 23.1 Å². The zero-order chi connectivity index (χ0) is 21.2. The largest absolute Gasteiger partial charge is 0.345 e. The first-order chi connectivity index (χ1) is 13.6. The molecule has 2 heterocycles. The summed E-state index contributed by atoms with van der Waals surface area (Å²) in [6, 6.07) is 4.52. The second-order valence-corrected chi connectivity index (χ2v) is 9.45. The summed E-state index contributed by atoms with van der Waals surface area (Å²) < 4.78 is 25.8. The summed E-state index contributed by atoms with van der Waals surface area (Å²) in [7, 11) is -3.57. The van der Waals surface area contributed by atoms with Gasteiger partial charge in [-0.3, -0.25) is 14.3 Å². The van der Waals surface area contributed by atoms with E-state index in [4.69, 9.17) is 0 Å². The highest BCUT2D eigenvalue weighted by Crippen LogP contribution is 2.25. The van der Waals surface area contributed by atoms with E-state index in [0.717, 1.165) is 17.1 Å². The van der Waals surface area contributed by atoms with Gasteiger partial charge in [0.05, 0.1) is 23.2 Å². The van der Waals surface area contributed by atoms with Crippen LogP contribution < -0.4 is 14.9 Å². The second kappa shape index (κ2) is 8.37. The Bertz CT molecular complexity index is 1030. The molecule has 0 unspecified atom stereocenters. The third kappa shape index (κ3) is 5.45. The average molecular weight is 438 g/mol. The first-order valence-corrected chi connectivity index (χ1v) is 11.8. The van der Waals surface area contributed by atoms with Gasteiger partial charge < -0.3 is 15.1 Å². The van der Waals surface area contributed by atoms with Crippen molar-refractivity contribution in [3.05, 3.63) is 34.8 Å². The van der Waals surface area contributed by atoms with Gasteiger partial charge in [0, 0.05) is 44.2 Å². The van der Waals surface area contributed by atoms with Gasteiger partial charge in [-0.25, -0.2) is 13.4 Å². The number of nitrogens with zero attached hydrogens (tertiary/aromatic N) is 3. The second-order valence-electron chi connectivity index (χ2n) is 6.87. The van der Waals surface area contributed by atoms with E-state index in [0.29, 0.717) is 31.9 Å². The van der Waals surface area contributed by atoms with Crippen molar-refractivity contribution < 1.29 is 18.0 Å². The molecule has 1 aliphatic heterocycles. The van der Waals surface area contributed by atoms with Crippen LogP contribution in [0.4, 0.5) is 16.5 Å². The van der Waals surface area contributed by atoms with Gasteiger partial charge in [0.25, 0.3) is 5.91 Å². The highest BCUT2D eigenvalue weighted by atomic mass is 32.2. The molecule has 1 saturated heterocycles. The molecule has 2 aromatic rings. The zero-order valence-corrected chi connectivity index (χ0v) is 18.1. The Balaban J connectivity index is 1.80. The third-order valence-corrected chi connectivity index (χ3v) is 5.92. The molecular weight excluding hydrogens is 414 g/mol. The molecule has 0 bridgehead atoms. The lowest BCUT2D eigenvalue weighted by Gasteiger charge is -2.35. The van der Waals surface area contributed by atoms with Gasteiger partial charge in [-0.2, -0.15) is 0 Å². The Morgan fingerprint density at radius 2 is 1.86 bits per heavy atom. The normalized spacial score (nSPS) is 14.6. The fourth-order valence-electron chi connectivity index (χ4n) is 3.05. The topological polar surface area (TPSA) is 112 Å². The summed E-state index contributed by atoms with van der Waals surface area (Å²) in [4.78, 5) is 32.8. The summed E-state index contributed by atoms with van der Waals surface area (Å²) in [5, 5.41) is 5.54. The number of amides is 2. The molecule has 156 valence electrons. The lowest BCUT2D eigenvalue weighted by Crippen LogP contribution is -2.49. The molecule has 0 radical (unpaired) electrons. The van der Waals surface area contributed by atoms with Crippen LogP contribution in [0.3, 0.4) is 0 Å². The van der Waals surface area contributed by atoms with Crippen molar-refractivity contribution in [2.24, 2.45) is 0 Å². The van der Waals surface area contributed by atoms with Crippen LogP contribution in [-0.2, 0) is 14.8 Å². The van der Waals surface area contributed by atoms with Gasteiger partial charge in [0.2, 0.25) is 15.9 Å². The van der Waals surface area contributed by atoms with Gasteiger partial charge in [0.1, 0.15) is 0 Å². The first-order valence-electron chi connectivity index (χ1n) is 8.98. The molecule has 1 fully saturated rings. The number of aryl methyl sites for hydroxylation is 1. The van der Waals surface area contributed by atoms with Crippen LogP contribution in [0.5, 0.6) is 0 Å². The average Bonchev–Trinajstić information content (AvgIpc) is 3.07. The summed E-state index contributed by atoms with van der Waals surface area (Å²) in [6.45, 7) is 5.56. The maximum Gasteiger partial charge on any atom is 0.256 e. The molecule has 2 N–H and O–H groups in total. The van der Waals surface area contributed by atoms with Gasteiger partial charge in [-0.1, -0.05) is 0 Å². The smallest absolute Gasteiger partial charge is 0.256 e. The SMILES string of the molecule is CC(=O)Nc1ccc(NS(C)(=O)=O)c(C(=O)N2CCN(c3nc(C)cs3)CC2)c1. The fourth-order valence-corrected chi connectivity index (χ4v) is 4.48. The van der Waals surface area contributed by atoms with Crippen LogP contribution in [-0.4, -0.2) is 62.6 Å². The van der Waals surface area contributed by atoms with Crippen molar-refractivity contribution in [2.75, 3.05) is 47.4 Å². The van der Waals surface area contributed by atoms with Crippen molar-refractivity contribution in [1.82, 2.24) is 9.88 Å². The number of thiazole rings is 1. The number of nitrogens with one attached hydrogen (secondary N) is 2. The van der Waals surface area contributed by atoms with Crippen LogP contribution in [0.2, 0.25) is 0 Å². The maximum absolute atomic E-state index is 13.1. The predicted molar refractivity (Wildman–Crippen MR) is 114 cm³/mol. The van der Waals surface area contributed by atoms with Crippen LogP contribution in [0, 0.1) is 6.92 Å². The van der Waals surface area contributed by atoms with Gasteiger partial charge in [-0.05, 0) is 25.1 Å². The molecule has 1 aliphatic rings. The van der Waals surface area contributed by atoms with Crippen LogP contribution >= 0.6 is 11.3 Å². The van der Waals surface area contributed by atoms with E-state index in [9.17, 15) is 18.0 Å². The van der Waals surface area contributed by atoms with Crippen molar-refractivity contribution in [3.63, 3.8) is 0 Å². The van der Waals surface area contributed by atoms with Crippen molar-refractivity contribution in [3.8, 4) is 0 Å². The van der Waals surface area contributed by atoms with Crippen LogP contribution in [0.25, 0.3) is 0 Å². The number of hydrogen-bond acceptors (Lipinski definition) is 7. The molecule has 1 aromatic heterocycles. The van der Waals surface area contributed by atoms with Crippen LogP contribution in [0.15, 0.2) is 23.6 Å². The molecule has 3 rings (SSSR count). The highest BCUT2D eigenvalue weighted by molar-refractivity contribution is 7.92. The predicted octanol–water partition coefficient (Wildman–Crippen LogP) is 1.74. The van der Waals surface area contributed by atoms with E-state index in [1.54, 1.807) is 22.3 Å². The fraction of sp³-hybridized carbons (Fsp3) is 0.389. The molecule has 11 heteroatoms. The molecule has 0 spiro atoms.